The zero-order chi connectivity index (χ0) is 26.4. The molecule has 0 unspecified atom stereocenters. The first kappa shape index (κ1) is 23.7. The molecule has 190 valence electrons. The Labute approximate surface area is 221 Å². The number of aromatic nitrogens is 6. The van der Waals surface area contributed by atoms with E-state index in [4.69, 9.17) is 4.42 Å². The van der Waals surface area contributed by atoms with E-state index in [2.05, 4.69) is 75.1 Å². The number of benzene rings is 2. The Kier molecular flexibility index (Phi) is 5.79. The van der Waals surface area contributed by atoms with Gasteiger partial charge in [0.25, 0.3) is 0 Å². The third-order valence-electron chi connectivity index (χ3n) is 7.05. The lowest BCUT2D eigenvalue weighted by Crippen LogP contribution is -2.17. The van der Waals surface area contributed by atoms with Crippen molar-refractivity contribution in [3.8, 4) is 33.8 Å². The largest absolute Gasteiger partial charge is 0.403 e. The van der Waals surface area contributed by atoms with E-state index in [1.807, 2.05) is 67.1 Å². The maximum Gasteiger partial charge on any atom is 0.318 e. The van der Waals surface area contributed by atoms with Gasteiger partial charge in [-0.3, -0.25) is 9.08 Å². The zero-order valence-electron chi connectivity index (χ0n) is 22.2. The number of hydrogen-bond acceptors (Lipinski definition) is 6. The first-order valence-corrected chi connectivity index (χ1v) is 12.6. The standard InChI is InChI=1S/C30H29N7O/c1-19-15-24(28-20(2)34-36(5)21(28)3)12-13-25(19)29-32-33-30(38-29)35(4)17-22-11-14-27-31-16-26(37(27)18-22)23-9-7-6-8-10-23/h6-16,18H,17H2,1-5H3. The Balaban J connectivity index is 1.24. The smallest absolute Gasteiger partial charge is 0.318 e. The third kappa shape index (κ3) is 4.14. The molecule has 2 aromatic carbocycles. The van der Waals surface area contributed by atoms with Crippen molar-refractivity contribution in [2.24, 2.45) is 7.05 Å². The normalized spacial score (nSPS) is 11.4. The van der Waals surface area contributed by atoms with Gasteiger partial charge in [-0.25, -0.2) is 4.98 Å². The first-order valence-electron chi connectivity index (χ1n) is 12.6. The van der Waals surface area contributed by atoms with Crippen molar-refractivity contribution < 1.29 is 4.42 Å². The summed E-state index contributed by atoms with van der Waals surface area (Å²) in [7, 11) is 3.93. The summed E-state index contributed by atoms with van der Waals surface area (Å²) in [6.07, 6.45) is 4.02. The van der Waals surface area contributed by atoms with Gasteiger partial charge in [-0.05, 0) is 49.6 Å². The summed E-state index contributed by atoms with van der Waals surface area (Å²) in [6.45, 7) is 6.81. The fourth-order valence-corrected chi connectivity index (χ4v) is 5.01. The molecule has 0 aliphatic heterocycles. The van der Waals surface area contributed by atoms with Gasteiger partial charge in [0.1, 0.15) is 5.65 Å². The minimum Gasteiger partial charge on any atom is -0.403 e. The van der Waals surface area contributed by atoms with Crippen LogP contribution >= 0.6 is 0 Å². The molecular weight excluding hydrogens is 474 g/mol. The van der Waals surface area contributed by atoms with Gasteiger partial charge < -0.3 is 9.32 Å². The van der Waals surface area contributed by atoms with E-state index in [-0.39, 0.29) is 0 Å². The average Bonchev–Trinajstić information content (AvgIpc) is 3.62. The summed E-state index contributed by atoms with van der Waals surface area (Å²) >= 11 is 0. The van der Waals surface area contributed by atoms with E-state index in [0.29, 0.717) is 18.5 Å². The van der Waals surface area contributed by atoms with Crippen LogP contribution in [0.15, 0.2) is 77.5 Å². The second kappa shape index (κ2) is 9.30. The summed E-state index contributed by atoms with van der Waals surface area (Å²) in [6, 6.07) is 21.2. The fourth-order valence-electron chi connectivity index (χ4n) is 5.01. The molecule has 0 saturated heterocycles. The Morgan fingerprint density at radius 3 is 2.47 bits per heavy atom. The second-order valence-corrected chi connectivity index (χ2v) is 9.72. The van der Waals surface area contributed by atoms with E-state index in [1.165, 1.54) is 5.56 Å². The molecule has 0 spiro atoms. The van der Waals surface area contributed by atoms with E-state index in [1.54, 1.807) is 0 Å². The number of imidazole rings is 1. The lowest BCUT2D eigenvalue weighted by atomic mass is 9.98. The monoisotopic (exact) mass is 503 g/mol. The number of rotatable bonds is 6. The highest BCUT2D eigenvalue weighted by Gasteiger charge is 2.17. The minimum atomic E-state index is 0.469. The molecule has 0 amide bonds. The molecule has 4 aromatic heterocycles. The Morgan fingerprint density at radius 1 is 0.921 bits per heavy atom. The molecular formula is C30H29N7O. The van der Waals surface area contributed by atoms with Crippen molar-refractivity contribution >= 4 is 11.7 Å². The van der Waals surface area contributed by atoms with Gasteiger partial charge in [-0.2, -0.15) is 5.10 Å². The number of aryl methyl sites for hydroxylation is 3. The summed E-state index contributed by atoms with van der Waals surface area (Å²) in [5, 5.41) is 13.2. The van der Waals surface area contributed by atoms with Crippen LogP contribution in [0.2, 0.25) is 0 Å². The van der Waals surface area contributed by atoms with Crippen LogP contribution in [0.1, 0.15) is 22.5 Å². The summed E-state index contributed by atoms with van der Waals surface area (Å²) in [5.74, 6) is 0.506. The van der Waals surface area contributed by atoms with E-state index in [9.17, 15) is 0 Å². The van der Waals surface area contributed by atoms with Gasteiger partial charge in [0.05, 0.1) is 17.6 Å². The van der Waals surface area contributed by atoms with Crippen LogP contribution in [-0.4, -0.2) is 36.4 Å². The van der Waals surface area contributed by atoms with Crippen molar-refractivity contribution in [2.45, 2.75) is 27.3 Å². The summed E-state index contributed by atoms with van der Waals surface area (Å²) in [5.41, 5.74) is 10.7. The molecule has 8 nitrogen and oxygen atoms in total. The molecule has 0 saturated carbocycles. The lowest BCUT2D eigenvalue weighted by molar-refractivity contribution is 0.554. The van der Waals surface area contributed by atoms with E-state index >= 15 is 0 Å². The number of nitrogens with zero attached hydrogens (tertiary/aromatic N) is 7. The lowest BCUT2D eigenvalue weighted by Gasteiger charge is -2.14. The fraction of sp³-hybridized carbons (Fsp3) is 0.200. The molecule has 8 heteroatoms. The molecule has 0 atom stereocenters. The third-order valence-corrected chi connectivity index (χ3v) is 7.05. The zero-order valence-corrected chi connectivity index (χ0v) is 22.2. The summed E-state index contributed by atoms with van der Waals surface area (Å²) in [4.78, 5) is 6.52. The topological polar surface area (TPSA) is 77.3 Å². The molecule has 4 heterocycles. The molecule has 0 bridgehead atoms. The van der Waals surface area contributed by atoms with Gasteiger partial charge in [-0.1, -0.05) is 53.6 Å². The number of anilines is 1. The average molecular weight is 504 g/mol. The van der Waals surface area contributed by atoms with Crippen LogP contribution in [0.25, 0.3) is 39.5 Å². The highest BCUT2D eigenvalue weighted by atomic mass is 16.4. The maximum atomic E-state index is 6.12. The van der Waals surface area contributed by atoms with Crippen LogP contribution < -0.4 is 4.90 Å². The van der Waals surface area contributed by atoms with Gasteiger partial charge in [0.2, 0.25) is 5.89 Å². The van der Waals surface area contributed by atoms with Crippen molar-refractivity contribution in [2.75, 3.05) is 11.9 Å². The quantitative estimate of drug-likeness (QED) is 0.277. The predicted molar refractivity (Wildman–Crippen MR) is 149 cm³/mol. The van der Waals surface area contributed by atoms with Crippen molar-refractivity contribution in [1.29, 1.82) is 0 Å². The van der Waals surface area contributed by atoms with Crippen LogP contribution in [-0.2, 0) is 13.6 Å². The molecule has 0 aliphatic carbocycles. The van der Waals surface area contributed by atoms with Crippen molar-refractivity contribution in [1.82, 2.24) is 29.4 Å². The molecule has 0 aliphatic rings. The Bertz CT molecular complexity index is 1760. The molecule has 0 N–H and O–H groups in total. The minimum absolute atomic E-state index is 0.469. The van der Waals surface area contributed by atoms with Crippen molar-refractivity contribution in [3.63, 3.8) is 0 Å². The molecule has 6 aromatic rings. The number of pyridine rings is 1. The highest BCUT2D eigenvalue weighted by Crippen LogP contribution is 2.32. The van der Waals surface area contributed by atoms with Gasteiger partial charge in [0, 0.05) is 49.2 Å². The van der Waals surface area contributed by atoms with Crippen molar-refractivity contribution in [3.05, 3.63) is 95.6 Å². The molecule has 38 heavy (non-hydrogen) atoms. The molecule has 0 radical (unpaired) electrons. The van der Waals surface area contributed by atoms with Gasteiger partial charge in [-0.15, -0.1) is 5.10 Å². The Morgan fingerprint density at radius 2 is 1.74 bits per heavy atom. The second-order valence-electron chi connectivity index (χ2n) is 9.72. The highest BCUT2D eigenvalue weighted by molar-refractivity contribution is 5.73. The molecule has 0 fully saturated rings. The van der Waals surface area contributed by atoms with Gasteiger partial charge >= 0.3 is 6.01 Å². The van der Waals surface area contributed by atoms with Crippen LogP contribution in [0.4, 0.5) is 6.01 Å². The Hall–Kier alpha value is -4.72. The number of hydrogen-bond donors (Lipinski definition) is 0. The SMILES string of the molecule is Cc1cc(-c2c(C)nn(C)c2C)ccc1-c1nnc(N(C)Cc2ccc3ncc(-c4ccccc4)n3c2)o1. The van der Waals surface area contributed by atoms with Gasteiger partial charge in [0.15, 0.2) is 0 Å². The maximum absolute atomic E-state index is 6.12. The van der Waals surface area contributed by atoms with Crippen LogP contribution in [0.5, 0.6) is 0 Å². The number of fused-ring (bicyclic) bond motifs is 1. The van der Waals surface area contributed by atoms with Crippen LogP contribution in [0, 0.1) is 20.8 Å². The van der Waals surface area contributed by atoms with E-state index in [0.717, 1.165) is 50.5 Å². The van der Waals surface area contributed by atoms with Crippen LogP contribution in [0.3, 0.4) is 0 Å². The predicted octanol–water partition coefficient (Wildman–Crippen LogP) is 6.01. The van der Waals surface area contributed by atoms with E-state index < -0.39 is 0 Å². The first-order chi connectivity index (χ1) is 18.4. The summed E-state index contributed by atoms with van der Waals surface area (Å²) < 4.78 is 10.2. The molecule has 6 rings (SSSR count).